The highest BCUT2D eigenvalue weighted by Gasteiger charge is 2.27. The number of nitriles is 1. The van der Waals surface area contributed by atoms with E-state index in [0.29, 0.717) is 24.7 Å². The molecule has 2 N–H and O–H groups in total. The molecule has 2 aromatic rings. The van der Waals surface area contributed by atoms with E-state index in [9.17, 15) is 18.5 Å². The van der Waals surface area contributed by atoms with Crippen molar-refractivity contribution in [2.75, 3.05) is 38.4 Å². The smallest absolute Gasteiger partial charge is 0.263 e. The summed E-state index contributed by atoms with van der Waals surface area (Å²) >= 11 is 6.20. The first kappa shape index (κ1) is 23.8. The van der Waals surface area contributed by atoms with Crippen molar-refractivity contribution in [1.29, 1.82) is 5.26 Å². The van der Waals surface area contributed by atoms with Crippen LogP contribution in [-0.2, 0) is 26.1 Å². The first-order valence-corrected chi connectivity index (χ1v) is 12.1. The van der Waals surface area contributed by atoms with Crippen molar-refractivity contribution < 1.29 is 27.4 Å². The third-order valence-corrected chi connectivity index (χ3v) is 7.40. The average Bonchev–Trinajstić information content (AvgIpc) is 3.32. The monoisotopic (exact) mass is 504 g/mol. The number of nitrogens with one attached hydrogen (secondary N) is 2. The van der Waals surface area contributed by atoms with Crippen molar-refractivity contribution in [1.82, 2.24) is 9.62 Å². The zero-order chi connectivity index (χ0) is 24.1. The zero-order valence-corrected chi connectivity index (χ0v) is 19.5. The molecule has 0 bridgehead atoms. The molecule has 10 nitrogen and oxygen atoms in total. The van der Waals surface area contributed by atoms with E-state index in [1.807, 2.05) is 6.07 Å². The number of nitrogens with zero attached hydrogens (tertiary/aromatic N) is 2. The van der Waals surface area contributed by atoms with E-state index in [1.165, 1.54) is 28.7 Å². The molecule has 0 radical (unpaired) electrons. The van der Waals surface area contributed by atoms with Crippen LogP contribution in [-0.4, -0.2) is 51.7 Å². The molecular weight excluding hydrogens is 484 g/mol. The average molecular weight is 505 g/mol. The minimum atomic E-state index is -3.73. The molecule has 0 aromatic heterocycles. The first-order valence-electron chi connectivity index (χ1n) is 10.3. The van der Waals surface area contributed by atoms with Gasteiger partial charge in [-0.15, -0.1) is 0 Å². The topological polar surface area (TPSA) is 130 Å². The van der Waals surface area contributed by atoms with Crippen LogP contribution < -0.4 is 20.1 Å². The van der Waals surface area contributed by atoms with E-state index in [0.717, 1.165) is 5.56 Å². The van der Waals surface area contributed by atoms with Crippen molar-refractivity contribution in [3.63, 3.8) is 0 Å². The minimum Gasteiger partial charge on any atom is -0.454 e. The lowest BCUT2D eigenvalue weighted by Crippen LogP contribution is -2.40. The van der Waals surface area contributed by atoms with Crippen molar-refractivity contribution in [3.8, 4) is 17.6 Å². The lowest BCUT2D eigenvalue weighted by Gasteiger charge is -2.26. The van der Waals surface area contributed by atoms with Gasteiger partial charge in [0.15, 0.2) is 11.5 Å². The molecule has 0 atom stereocenters. The molecule has 178 valence electrons. The van der Waals surface area contributed by atoms with E-state index in [-0.39, 0.29) is 47.6 Å². The van der Waals surface area contributed by atoms with Gasteiger partial charge in [0.1, 0.15) is 11.6 Å². The van der Waals surface area contributed by atoms with Gasteiger partial charge in [-0.05, 0) is 35.9 Å². The lowest BCUT2D eigenvalue weighted by atomic mass is 10.2. The summed E-state index contributed by atoms with van der Waals surface area (Å²) in [6.45, 7) is 1.49. The van der Waals surface area contributed by atoms with Gasteiger partial charge >= 0.3 is 0 Å². The summed E-state index contributed by atoms with van der Waals surface area (Å²) in [5.74, 6) is 0.610. The Morgan fingerprint density at radius 2 is 1.91 bits per heavy atom. The van der Waals surface area contributed by atoms with Crippen LogP contribution in [0.5, 0.6) is 11.5 Å². The Kier molecular flexibility index (Phi) is 7.23. The van der Waals surface area contributed by atoms with E-state index < -0.39 is 15.9 Å². The molecule has 1 fully saturated rings. The summed E-state index contributed by atoms with van der Waals surface area (Å²) in [7, 11) is -3.73. The molecule has 2 aliphatic rings. The largest absolute Gasteiger partial charge is 0.454 e. The summed E-state index contributed by atoms with van der Waals surface area (Å²) in [6, 6.07) is 11.3. The second-order valence-electron chi connectivity index (χ2n) is 7.34. The highest BCUT2D eigenvalue weighted by Crippen LogP contribution is 2.32. The SMILES string of the molecule is N#C/C(=C/Nc1cc(S(=O)(=O)N2CCOCC2)ccc1Cl)C(=O)NCc1ccc2c(c1)OCO2. The van der Waals surface area contributed by atoms with Gasteiger partial charge in [-0.3, -0.25) is 4.79 Å². The Bertz CT molecular complexity index is 1270. The van der Waals surface area contributed by atoms with E-state index >= 15 is 0 Å². The number of halogens is 1. The number of hydrogen-bond donors (Lipinski definition) is 2. The minimum absolute atomic E-state index is 0.0421. The van der Waals surface area contributed by atoms with Gasteiger partial charge < -0.3 is 24.8 Å². The highest BCUT2D eigenvalue weighted by atomic mass is 35.5. The fraction of sp³-hybridized carbons (Fsp3) is 0.273. The van der Waals surface area contributed by atoms with Crippen LogP contribution in [0, 0.1) is 11.3 Å². The van der Waals surface area contributed by atoms with Crippen LogP contribution in [0.2, 0.25) is 5.02 Å². The van der Waals surface area contributed by atoms with Gasteiger partial charge in [0, 0.05) is 25.8 Å². The Morgan fingerprint density at radius 3 is 2.68 bits per heavy atom. The molecule has 2 aromatic carbocycles. The Labute approximate surface area is 201 Å². The number of ether oxygens (including phenoxy) is 3. The second kappa shape index (κ2) is 10.3. The number of carbonyl (C=O) groups is 1. The molecule has 1 saturated heterocycles. The van der Waals surface area contributed by atoms with Crippen LogP contribution in [0.4, 0.5) is 5.69 Å². The molecular formula is C22H21ClN4O6S. The van der Waals surface area contributed by atoms with E-state index in [2.05, 4.69) is 10.6 Å². The standard InChI is InChI=1S/C22H21ClN4O6S/c23-18-3-2-17(34(29,30)27-5-7-31-8-6-27)10-19(18)25-13-16(11-24)22(28)26-12-15-1-4-20-21(9-15)33-14-32-20/h1-4,9-10,13,25H,5-8,12,14H2,(H,26,28)/b16-13-. The third-order valence-electron chi connectivity index (χ3n) is 5.17. The molecule has 0 aliphatic carbocycles. The summed E-state index contributed by atoms with van der Waals surface area (Å²) in [6.07, 6.45) is 1.18. The molecule has 4 rings (SSSR count). The zero-order valence-electron chi connectivity index (χ0n) is 17.9. The number of fused-ring (bicyclic) bond motifs is 1. The second-order valence-corrected chi connectivity index (χ2v) is 9.69. The Hall–Kier alpha value is -3.30. The fourth-order valence-electron chi connectivity index (χ4n) is 3.34. The lowest BCUT2D eigenvalue weighted by molar-refractivity contribution is -0.117. The van der Waals surface area contributed by atoms with Crippen LogP contribution in [0.1, 0.15) is 5.56 Å². The number of morpholine rings is 1. The Balaban J connectivity index is 1.44. The van der Waals surface area contributed by atoms with Gasteiger partial charge in [-0.2, -0.15) is 9.57 Å². The van der Waals surface area contributed by atoms with Crippen molar-refractivity contribution in [2.24, 2.45) is 0 Å². The van der Waals surface area contributed by atoms with Crippen LogP contribution >= 0.6 is 11.6 Å². The summed E-state index contributed by atoms with van der Waals surface area (Å²) in [5, 5.41) is 15.1. The Morgan fingerprint density at radius 1 is 1.15 bits per heavy atom. The summed E-state index contributed by atoms with van der Waals surface area (Å²) in [4.78, 5) is 12.5. The maximum Gasteiger partial charge on any atom is 0.263 e. The number of amides is 1. The molecule has 34 heavy (non-hydrogen) atoms. The number of sulfonamides is 1. The van der Waals surface area contributed by atoms with E-state index in [4.69, 9.17) is 25.8 Å². The molecule has 2 heterocycles. The molecule has 1 amide bonds. The number of hydrogen-bond acceptors (Lipinski definition) is 8. The summed E-state index contributed by atoms with van der Waals surface area (Å²) < 4.78 is 42.9. The predicted octanol–water partition coefficient (Wildman–Crippen LogP) is 2.23. The van der Waals surface area contributed by atoms with Gasteiger partial charge in [0.05, 0.1) is 28.8 Å². The molecule has 0 spiro atoms. The number of carbonyl (C=O) groups excluding carboxylic acids is 1. The van der Waals surface area contributed by atoms with Gasteiger partial charge in [-0.1, -0.05) is 17.7 Å². The number of anilines is 1. The van der Waals surface area contributed by atoms with Crippen molar-refractivity contribution >= 4 is 33.2 Å². The maximum atomic E-state index is 12.9. The van der Waals surface area contributed by atoms with Crippen LogP contribution in [0.15, 0.2) is 53.1 Å². The molecule has 2 aliphatic heterocycles. The van der Waals surface area contributed by atoms with Crippen LogP contribution in [0.25, 0.3) is 0 Å². The quantitative estimate of drug-likeness (QED) is 0.433. The van der Waals surface area contributed by atoms with Gasteiger partial charge in [-0.25, -0.2) is 8.42 Å². The molecule has 0 unspecified atom stereocenters. The maximum absolute atomic E-state index is 12.9. The molecule has 12 heteroatoms. The van der Waals surface area contributed by atoms with E-state index in [1.54, 1.807) is 18.2 Å². The van der Waals surface area contributed by atoms with Crippen molar-refractivity contribution in [3.05, 3.63) is 58.8 Å². The molecule has 0 saturated carbocycles. The number of rotatable bonds is 7. The highest BCUT2D eigenvalue weighted by molar-refractivity contribution is 7.89. The van der Waals surface area contributed by atoms with Crippen LogP contribution in [0.3, 0.4) is 0 Å². The normalized spacial score (nSPS) is 16.1. The first-order chi connectivity index (χ1) is 16.4. The van der Waals surface area contributed by atoms with Gasteiger partial charge in [0.25, 0.3) is 5.91 Å². The third kappa shape index (κ3) is 5.26. The predicted molar refractivity (Wildman–Crippen MR) is 123 cm³/mol. The van der Waals surface area contributed by atoms with Gasteiger partial charge in [0.2, 0.25) is 16.8 Å². The van der Waals surface area contributed by atoms with Crippen molar-refractivity contribution in [2.45, 2.75) is 11.4 Å². The summed E-state index contributed by atoms with van der Waals surface area (Å²) in [5.41, 5.74) is 0.803. The number of benzene rings is 2. The fourth-order valence-corrected chi connectivity index (χ4v) is 4.95.